The molecule has 0 unspecified atom stereocenters. The van der Waals surface area contributed by atoms with E-state index < -0.39 is 11.9 Å². The fourth-order valence-electron chi connectivity index (χ4n) is 2.44. The summed E-state index contributed by atoms with van der Waals surface area (Å²) in [5.74, 6) is -0.548. The van der Waals surface area contributed by atoms with E-state index in [1.165, 1.54) is 39.9 Å². The predicted molar refractivity (Wildman–Crippen MR) is 88.5 cm³/mol. The van der Waals surface area contributed by atoms with Gasteiger partial charge >= 0.3 is 11.9 Å². The van der Waals surface area contributed by atoms with Crippen LogP contribution in [0.1, 0.15) is 72.1 Å². The molecule has 0 rings (SSSR count). The zero-order valence-corrected chi connectivity index (χ0v) is 14.9. The lowest BCUT2D eigenvalue weighted by atomic mass is 9.94. The van der Waals surface area contributed by atoms with Gasteiger partial charge in [0, 0.05) is 11.1 Å². The van der Waals surface area contributed by atoms with Crippen LogP contribution in [0.3, 0.4) is 0 Å². The summed E-state index contributed by atoms with van der Waals surface area (Å²) in [4.78, 5) is 24.0. The molecule has 0 radical (unpaired) electrons. The summed E-state index contributed by atoms with van der Waals surface area (Å²) in [6, 6.07) is 0. The van der Waals surface area contributed by atoms with Crippen molar-refractivity contribution < 1.29 is 19.1 Å². The van der Waals surface area contributed by atoms with E-state index in [9.17, 15) is 9.59 Å². The van der Waals surface area contributed by atoms with Crippen LogP contribution in [0.15, 0.2) is 11.1 Å². The fourth-order valence-corrected chi connectivity index (χ4v) is 2.44. The van der Waals surface area contributed by atoms with Gasteiger partial charge in [-0.2, -0.15) is 0 Å². The van der Waals surface area contributed by atoms with Crippen molar-refractivity contribution in [1.82, 2.24) is 0 Å². The van der Waals surface area contributed by atoms with Crippen LogP contribution >= 0.6 is 0 Å². The molecule has 0 aliphatic rings. The van der Waals surface area contributed by atoms with Gasteiger partial charge in [-0.1, -0.05) is 52.9 Å². The van der Waals surface area contributed by atoms with E-state index in [1.807, 2.05) is 13.8 Å². The zero-order valence-electron chi connectivity index (χ0n) is 14.9. The number of hydrogen-bond donors (Lipinski definition) is 0. The molecule has 0 heterocycles. The average Bonchev–Trinajstić information content (AvgIpc) is 2.50. The Labute approximate surface area is 135 Å². The first kappa shape index (κ1) is 20.7. The Morgan fingerprint density at radius 2 is 1.32 bits per heavy atom. The van der Waals surface area contributed by atoms with E-state index in [-0.39, 0.29) is 5.92 Å². The third-order valence-electron chi connectivity index (χ3n) is 3.62. The lowest BCUT2D eigenvalue weighted by Gasteiger charge is -2.14. The van der Waals surface area contributed by atoms with Crippen LogP contribution in [0.4, 0.5) is 0 Å². The highest BCUT2D eigenvalue weighted by molar-refractivity contribution is 6.00. The molecule has 0 saturated carbocycles. The monoisotopic (exact) mass is 312 g/mol. The number of rotatable bonds is 11. The topological polar surface area (TPSA) is 52.6 Å². The molecular formula is C18H32O4. The second-order valence-corrected chi connectivity index (χ2v) is 6.06. The van der Waals surface area contributed by atoms with Gasteiger partial charge in [-0.05, 0) is 25.2 Å². The maximum Gasteiger partial charge on any atom is 0.334 e. The highest BCUT2D eigenvalue weighted by Crippen LogP contribution is 2.22. The summed E-state index contributed by atoms with van der Waals surface area (Å²) >= 11 is 0. The summed E-state index contributed by atoms with van der Waals surface area (Å²) < 4.78 is 9.70. The van der Waals surface area contributed by atoms with Crippen molar-refractivity contribution in [2.24, 2.45) is 5.92 Å². The van der Waals surface area contributed by atoms with Crippen molar-refractivity contribution in [2.75, 3.05) is 14.2 Å². The molecule has 0 aromatic carbocycles. The summed E-state index contributed by atoms with van der Waals surface area (Å²) in [5.41, 5.74) is 0.955. The maximum atomic E-state index is 12.0. The second-order valence-electron chi connectivity index (χ2n) is 6.06. The molecule has 0 spiro atoms. The Bertz CT molecular complexity index is 369. The van der Waals surface area contributed by atoms with E-state index in [0.29, 0.717) is 24.0 Å². The van der Waals surface area contributed by atoms with Gasteiger partial charge in [0.15, 0.2) is 0 Å². The van der Waals surface area contributed by atoms with Gasteiger partial charge in [0.1, 0.15) is 0 Å². The van der Waals surface area contributed by atoms with Crippen molar-refractivity contribution in [1.29, 1.82) is 0 Å². The number of ether oxygens (including phenoxy) is 2. The van der Waals surface area contributed by atoms with Crippen LogP contribution in [-0.2, 0) is 19.1 Å². The molecular weight excluding hydrogens is 280 g/mol. The minimum absolute atomic E-state index is 0.276. The van der Waals surface area contributed by atoms with E-state index in [1.54, 1.807) is 0 Å². The van der Waals surface area contributed by atoms with Crippen LogP contribution in [0.2, 0.25) is 0 Å². The average molecular weight is 312 g/mol. The molecule has 128 valence electrons. The zero-order chi connectivity index (χ0) is 17.0. The second kappa shape index (κ2) is 12.2. The predicted octanol–water partition coefficient (Wildman–Crippen LogP) is 4.43. The molecule has 4 nitrogen and oxygen atoms in total. The number of unbranched alkanes of at least 4 members (excludes halogenated alkanes) is 5. The third kappa shape index (κ3) is 8.20. The Kier molecular flexibility index (Phi) is 11.5. The summed E-state index contributed by atoms with van der Waals surface area (Å²) in [6.45, 7) is 6.22. The molecule has 0 aliphatic heterocycles. The van der Waals surface area contributed by atoms with Crippen molar-refractivity contribution in [3.8, 4) is 0 Å². The highest BCUT2D eigenvalue weighted by Gasteiger charge is 2.22. The Morgan fingerprint density at radius 1 is 0.818 bits per heavy atom. The third-order valence-corrected chi connectivity index (χ3v) is 3.62. The van der Waals surface area contributed by atoms with Crippen molar-refractivity contribution in [3.05, 3.63) is 11.1 Å². The van der Waals surface area contributed by atoms with Gasteiger partial charge in [-0.25, -0.2) is 9.59 Å². The molecule has 0 amide bonds. The van der Waals surface area contributed by atoms with Crippen LogP contribution in [0.25, 0.3) is 0 Å². The first-order valence-electron chi connectivity index (χ1n) is 8.36. The Morgan fingerprint density at radius 3 is 1.82 bits per heavy atom. The first-order valence-corrected chi connectivity index (χ1v) is 8.36. The van der Waals surface area contributed by atoms with Gasteiger partial charge in [0.05, 0.1) is 14.2 Å². The van der Waals surface area contributed by atoms with Crippen molar-refractivity contribution >= 4 is 11.9 Å². The molecule has 0 saturated heterocycles. The molecule has 0 bridgehead atoms. The standard InChI is InChI=1S/C18H32O4/c1-6-7-8-9-10-11-12-15(17(19)21-4)16(13-14(2)3)18(20)22-5/h14H,6-13H2,1-5H3. The van der Waals surface area contributed by atoms with Crippen LogP contribution in [0.5, 0.6) is 0 Å². The molecule has 0 aliphatic carbocycles. The maximum absolute atomic E-state index is 12.0. The Balaban J connectivity index is 4.91. The summed E-state index contributed by atoms with van der Waals surface area (Å²) in [7, 11) is 2.70. The van der Waals surface area contributed by atoms with Crippen LogP contribution in [-0.4, -0.2) is 26.2 Å². The van der Waals surface area contributed by atoms with Crippen molar-refractivity contribution in [2.45, 2.75) is 72.1 Å². The molecule has 0 aromatic rings. The first-order chi connectivity index (χ1) is 10.5. The van der Waals surface area contributed by atoms with Gasteiger partial charge in [-0.3, -0.25) is 0 Å². The Hall–Kier alpha value is -1.32. The lowest BCUT2D eigenvalue weighted by Crippen LogP contribution is -2.16. The number of methoxy groups -OCH3 is 2. The minimum Gasteiger partial charge on any atom is -0.466 e. The molecule has 22 heavy (non-hydrogen) atoms. The minimum atomic E-state index is -0.417. The summed E-state index contributed by atoms with van der Waals surface area (Å²) in [6.07, 6.45) is 7.94. The number of hydrogen-bond acceptors (Lipinski definition) is 4. The molecule has 0 aromatic heterocycles. The lowest BCUT2D eigenvalue weighted by molar-refractivity contribution is -0.139. The van der Waals surface area contributed by atoms with E-state index in [0.717, 1.165) is 12.8 Å². The van der Waals surface area contributed by atoms with Gasteiger partial charge in [-0.15, -0.1) is 0 Å². The van der Waals surface area contributed by atoms with Crippen LogP contribution in [0, 0.1) is 5.92 Å². The van der Waals surface area contributed by atoms with E-state index in [4.69, 9.17) is 9.47 Å². The van der Waals surface area contributed by atoms with Crippen LogP contribution < -0.4 is 0 Å². The smallest absolute Gasteiger partial charge is 0.334 e. The SMILES string of the molecule is CCCCCCCCC(C(=O)OC)=C(CC(C)C)C(=O)OC. The number of carbonyl (C=O) groups excluding carboxylic acids is 2. The fraction of sp³-hybridized carbons (Fsp3) is 0.778. The largest absolute Gasteiger partial charge is 0.466 e. The quantitative estimate of drug-likeness (QED) is 0.322. The van der Waals surface area contributed by atoms with Gasteiger partial charge in [0.25, 0.3) is 0 Å². The van der Waals surface area contributed by atoms with Gasteiger partial charge < -0.3 is 9.47 Å². The normalized spacial score (nSPS) is 12.1. The number of carbonyl (C=O) groups is 2. The molecule has 0 atom stereocenters. The van der Waals surface area contributed by atoms with Gasteiger partial charge in [0.2, 0.25) is 0 Å². The van der Waals surface area contributed by atoms with E-state index >= 15 is 0 Å². The number of esters is 2. The highest BCUT2D eigenvalue weighted by atomic mass is 16.5. The molecule has 0 fully saturated rings. The summed E-state index contributed by atoms with van der Waals surface area (Å²) in [5, 5.41) is 0. The van der Waals surface area contributed by atoms with E-state index in [2.05, 4.69) is 6.92 Å². The van der Waals surface area contributed by atoms with Crippen molar-refractivity contribution in [3.63, 3.8) is 0 Å². The molecule has 4 heteroatoms. The molecule has 0 N–H and O–H groups in total.